The van der Waals surface area contributed by atoms with Crippen molar-refractivity contribution < 1.29 is 9.32 Å². The second kappa shape index (κ2) is 7.97. The third kappa shape index (κ3) is 3.89. The maximum Gasteiger partial charge on any atom is 0.262 e. The summed E-state index contributed by atoms with van der Waals surface area (Å²) < 4.78 is 7.09. The van der Waals surface area contributed by atoms with Crippen molar-refractivity contribution in [3.05, 3.63) is 76.3 Å². The minimum Gasteiger partial charge on any atom is -0.360 e. The summed E-state index contributed by atoms with van der Waals surface area (Å²) in [6, 6.07) is 15.2. The number of carbonyl (C=O) groups is 1. The quantitative estimate of drug-likeness (QED) is 0.536. The monoisotopic (exact) mass is 374 g/mol. The summed E-state index contributed by atoms with van der Waals surface area (Å²) in [6.45, 7) is 7.58. The molecule has 1 amide bonds. The molecule has 0 fully saturated rings. The zero-order valence-electron chi connectivity index (χ0n) is 16.4. The normalized spacial score (nSPS) is 12.5. The number of carbonyl (C=O) groups excluding carboxylic acids is 1. The zero-order chi connectivity index (χ0) is 20.3. The molecule has 0 radical (unpaired) electrons. The highest BCUT2D eigenvalue weighted by atomic mass is 16.5. The van der Waals surface area contributed by atoms with Gasteiger partial charge in [-0.3, -0.25) is 9.36 Å². The van der Waals surface area contributed by atoms with Crippen LogP contribution in [-0.4, -0.2) is 15.6 Å². The van der Waals surface area contributed by atoms with E-state index in [1.807, 2.05) is 80.8 Å². The number of benzene rings is 1. The van der Waals surface area contributed by atoms with E-state index in [1.165, 1.54) is 0 Å². The maximum atomic E-state index is 12.6. The highest BCUT2D eigenvalue weighted by Crippen LogP contribution is 2.23. The van der Waals surface area contributed by atoms with Gasteiger partial charge in [-0.15, -0.1) is 0 Å². The highest BCUT2D eigenvalue weighted by Gasteiger charge is 2.17. The van der Waals surface area contributed by atoms with Crippen molar-refractivity contribution in [1.29, 1.82) is 5.26 Å². The van der Waals surface area contributed by atoms with Crippen LogP contribution in [0.15, 0.2) is 52.6 Å². The predicted molar refractivity (Wildman–Crippen MR) is 107 cm³/mol. The van der Waals surface area contributed by atoms with Crippen molar-refractivity contribution in [2.24, 2.45) is 0 Å². The van der Waals surface area contributed by atoms with Crippen molar-refractivity contribution >= 4 is 12.0 Å². The largest absolute Gasteiger partial charge is 0.360 e. The Balaban J connectivity index is 1.87. The third-order valence-electron chi connectivity index (χ3n) is 4.63. The van der Waals surface area contributed by atoms with Crippen molar-refractivity contribution in [1.82, 2.24) is 15.0 Å². The minimum absolute atomic E-state index is 0.0550. The molecule has 0 aliphatic heterocycles. The van der Waals surface area contributed by atoms with Gasteiger partial charge in [-0.1, -0.05) is 35.5 Å². The van der Waals surface area contributed by atoms with Crippen LogP contribution in [0.3, 0.4) is 0 Å². The average Bonchev–Trinajstić information content (AvgIpc) is 3.22. The van der Waals surface area contributed by atoms with Crippen LogP contribution in [0.2, 0.25) is 0 Å². The molecule has 2 aromatic heterocycles. The van der Waals surface area contributed by atoms with E-state index in [1.54, 1.807) is 6.08 Å². The second-order valence-electron chi connectivity index (χ2n) is 6.73. The summed E-state index contributed by atoms with van der Waals surface area (Å²) >= 11 is 0. The molecule has 0 aliphatic rings. The summed E-state index contributed by atoms with van der Waals surface area (Å²) in [5, 5.41) is 16.4. The van der Waals surface area contributed by atoms with E-state index in [-0.39, 0.29) is 11.6 Å². The van der Waals surface area contributed by atoms with E-state index >= 15 is 0 Å². The van der Waals surface area contributed by atoms with Gasteiger partial charge in [-0.25, -0.2) is 0 Å². The van der Waals surface area contributed by atoms with Crippen LogP contribution < -0.4 is 5.32 Å². The number of aromatic nitrogens is 2. The van der Waals surface area contributed by atoms with Crippen molar-refractivity contribution in [2.75, 3.05) is 0 Å². The Morgan fingerprint density at radius 1 is 1.25 bits per heavy atom. The van der Waals surface area contributed by atoms with Gasteiger partial charge in [0.25, 0.3) is 5.91 Å². The Hall–Kier alpha value is -3.59. The number of nitrogens with one attached hydrogen (secondary N) is 1. The van der Waals surface area contributed by atoms with Crippen LogP contribution in [-0.2, 0) is 4.79 Å². The predicted octanol–water partition coefficient (Wildman–Crippen LogP) is 4.17. The Kier molecular flexibility index (Phi) is 5.46. The first-order valence-corrected chi connectivity index (χ1v) is 9.01. The maximum absolute atomic E-state index is 12.6. The van der Waals surface area contributed by atoms with E-state index in [9.17, 15) is 10.1 Å². The molecule has 1 atom stereocenters. The Labute approximate surface area is 164 Å². The number of hydrogen-bond acceptors (Lipinski definition) is 4. The van der Waals surface area contributed by atoms with Gasteiger partial charge in [0.15, 0.2) is 5.82 Å². The number of amides is 1. The fourth-order valence-corrected chi connectivity index (χ4v) is 3.15. The van der Waals surface area contributed by atoms with Crippen LogP contribution in [0.25, 0.3) is 11.9 Å². The van der Waals surface area contributed by atoms with Gasteiger partial charge in [0, 0.05) is 17.5 Å². The van der Waals surface area contributed by atoms with Gasteiger partial charge in [-0.05, 0) is 51.0 Å². The number of aryl methyl sites for hydroxylation is 2. The van der Waals surface area contributed by atoms with E-state index in [4.69, 9.17) is 4.52 Å². The zero-order valence-corrected chi connectivity index (χ0v) is 16.4. The lowest BCUT2D eigenvalue weighted by molar-refractivity contribution is -0.117. The fourth-order valence-electron chi connectivity index (χ4n) is 3.15. The van der Waals surface area contributed by atoms with Gasteiger partial charge in [0.2, 0.25) is 0 Å². The number of rotatable bonds is 5. The lowest BCUT2D eigenvalue weighted by Crippen LogP contribution is -2.27. The van der Waals surface area contributed by atoms with Gasteiger partial charge in [-0.2, -0.15) is 5.26 Å². The molecule has 6 nitrogen and oxygen atoms in total. The molecule has 0 saturated carbocycles. The molecular weight excluding hydrogens is 352 g/mol. The molecule has 0 saturated heterocycles. The Bertz CT molecular complexity index is 1070. The third-order valence-corrected chi connectivity index (χ3v) is 4.63. The van der Waals surface area contributed by atoms with Gasteiger partial charge in [0.05, 0.1) is 6.04 Å². The fraction of sp³-hybridized carbons (Fsp3) is 0.227. The molecule has 3 rings (SSSR count). The Morgan fingerprint density at radius 2 is 1.96 bits per heavy atom. The molecular formula is C22H22N4O2. The molecule has 6 heteroatoms. The summed E-state index contributed by atoms with van der Waals surface area (Å²) in [6.07, 6.45) is 1.61. The van der Waals surface area contributed by atoms with Crippen LogP contribution in [0, 0.1) is 32.1 Å². The van der Waals surface area contributed by atoms with Gasteiger partial charge >= 0.3 is 0 Å². The molecule has 28 heavy (non-hydrogen) atoms. The van der Waals surface area contributed by atoms with E-state index < -0.39 is 5.91 Å². The molecule has 1 N–H and O–H groups in total. The first kappa shape index (κ1) is 19.2. The first-order chi connectivity index (χ1) is 13.4. The van der Waals surface area contributed by atoms with Crippen LogP contribution in [0.4, 0.5) is 0 Å². The molecule has 0 aliphatic carbocycles. The minimum atomic E-state index is -0.402. The summed E-state index contributed by atoms with van der Waals surface area (Å²) in [5.74, 6) is 0.986. The van der Waals surface area contributed by atoms with Crippen molar-refractivity contribution in [3.63, 3.8) is 0 Å². The molecule has 3 aromatic rings. The molecule has 0 unspecified atom stereocenters. The van der Waals surface area contributed by atoms with Crippen LogP contribution >= 0.6 is 0 Å². The summed E-state index contributed by atoms with van der Waals surface area (Å²) in [7, 11) is 0. The molecule has 0 spiro atoms. The molecule has 2 heterocycles. The lowest BCUT2D eigenvalue weighted by atomic mass is 10.1. The first-order valence-electron chi connectivity index (χ1n) is 9.01. The van der Waals surface area contributed by atoms with E-state index in [2.05, 4.69) is 10.5 Å². The highest BCUT2D eigenvalue weighted by molar-refractivity contribution is 6.02. The summed E-state index contributed by atoms with van der Waals surface area (Å²) in [5.41, 5.74) is 3.64. The lowest BCUT2D eigenvalue weighted by Gasteiger charge is -2.13. The molecule has 0 bridgehead atoms. The van der Waals surface area contributed by atoms with Crippen LogP contribution in [0.1, 0.15) is 41.2 Å². The summed E-state index contributed by atoms with van der Waals surface area (Å²) in [4.78, 5) is 12.6. The van der Waals surface area contributed by atoms with Gasteiger partial charge < -0.3 is 9.84 Å². The van der Waals surface area contributed by atoms with Crippen molar-refractivity contribution in [2.45, 2.75) is 33.7 Å². The molecule has 142 valence electrons. The number of hydrogen-bond donors (Lipinski definition) is 1. The van der Waals surface area contributed by atoms with E-state index in [0.717, 1.165) is 22.5 Å². The van der Waals surface area contributed by atoms with E-state index in [0.29, 0.717) is 11.6 Å². The van der Waals surface area contributed by atoms with Crippen LogP contribution in [0.5, 0.6) is 0 Å². The average molecular weight is 374 g/mol. The number of nitriles is 1. The topological polar surface area (TPSA) is 83.9 Å². The number of nitrogens with zero attached hydrogens (tertiary/aromatic N) is 3. The van der Waals surface area contributed by atoms with Gasteiger partial charge in [0.1, 0.15) is 17.4 Å². The molecule has 1 aromatic carbocycles. The smallest absolute Gasteiger partial charge is 0.262 e. The Morgan fingerprint density at radius 3 is 2.57 bits per heavy atom. The second-order valence-corrected chi connectivity index (χ2v) is 6.73. The van der Waals surface area contributed by atoms with Crippen molar-refractivity contribution in [3.8, 4) is 11.9 Å². The SMILES string of the molecule is Cc1cc(-n2c(C)cc(/C=C(\C#N)C(=O)N[C@@H](C)c3ccccc3)c2C)no1. The standard InChI is InChI=1S/C22H22N4O2/c1-14-10-19(17(4)26(14)21-11-15(2)28-25-21)12-20(13-23)22(27)24-16(3)18-8-6-5-7-9-18/h5-12,16H,1-4H3,(H,24,27)/b20-12+/t16-/m0/s1.